The standard InChI is InChI=1S/C36H40FN9O6/c1-19(43-33(51)29(45-35(39)40)15-21-8-12-23(47)13-9-21)32(50)42-18-30(48)46-36(16-26(36)25-17-41-27-5-3-2-4-24(25)27)34(52)44-28(31(38)49)14-20-6-10-22(37)11-7-20/h2-13,17,19,26,28-29,41,47H,14-16,18H2,1H3,(H2,38,49)(H,42,50)(H,43,51)(H,44,52)(H,46,48)(H4,39,40,45)/t19-,26?,28+,29+,36?/m1/s1. The number of amides is 5. The lowest BCUT2D eigenvalue weighted by molar-refractivity contribution is -0.133. The van der Waals surface area contributed by atoms with Gasteiger partial charge in [-0.3, -0.25) is 24.0 Å². The third kappa shape index (κ3) is 8.82. The van der Waals surface area contributed by atoms with Gasteiger partial charge in [-0.2, -0.15) is 0 Å². The summed E-state index contributed by atoms with van der Waals surface area (Å²) in [5, 5.41) is 20.8. The first-order valence-electron chi connectivity index (χ1n) is 16.4. The molecule has 16 heteroatoms. The number of hydrogen-bond donors (Lipinski definition) is 9. The molecular weight excluding hydrogens is 673 g/mol. The maximum atomic E-state index is 13.9. The Labute approximate surface area is 297 Å². The third-order valence-electron chi connectivity index (χ3n) is 8.88. The van der Waals surface area contributed by atoms with E-state index < -0.39 is 71.5 Å². The number of aliphatic imine (C=N–C) groups is 1. The van der Waals surface area contributed by atoms with Crippen LogP contribution in [0.3, 0.4) is 0 Å². The normalized spacial score (nSPS) is 17.9. The molecule has 272 valence electrons. The number of aromatic hydroxyl groups is 1. The first-order chi connectivity index (χ1) is 24.7. The van der Waals surface area contributed by atoms with Gasteiger partial charge in [0.2, 0.25) is 29.5 Å². The van der Waals surface area contributed by atoms with Crippen LogP contribution in [0.1, 0.15) is 36.0 Å². The van der Waals surface area contributed by atoms with E-state index in [0.29, 0.717) is 11.1 Å². The molecule has 1 aromatic heterocycles. The lowest BCUT2D eigenvalue weighted by atomic mass is 10.0. The van der Waals surface area contributed by atoms with Crippen LogP contribution in [0, 0.1) is 5.82 Å². The summed E-state index contributed by atoms with van der Waals surface area (Å²) >= 11 is 0. The summed E-state index contributed by atoms with van der Waals surface area (Å²) in [6.07, 6.45) is 2.00. The number of aromatic amines is 1. The van der Waals surface area contributed by atoms with Crippen molar-refractivity contribution in [2.24, 2.45) is 22.2 Å². The molecule has 0 radical (unpaired) electrons. The molecule has 1 fully saturated rings. The predicted octanol–water partition coefficient (Wildman–Crippen LogP) is 0.0733. The van der Waals surface area contributed by atoms with Crippen LogP contribution in [-0.4, -0.2) is 75.8 Å². The number of primary amides is 1. The van der Waals surface area contributed by atoms with Crippen molar-refractivity contribution in [3.63, 3.8) is 0 Å². The van der Waals surface area contributed by atoms with E-state index in [1.54, 1.807) is 18.3 Å². The maximum absolute atomic E-state index is 13.9. The maximum Gasteiger partial charge on any atom is 0.247 e. The van der Waals surface area contributed by atoms with Gasteiger partial charge in [0.05, 0.1) is 6.54 Å². The second kappa shape index (κ2) is 15.6. The number of guanidine groups is 1. The van der Waals surface area contributed by atoms with Gasteiger partial charge in [-0.05, 0) is 60.4 Å². The van der Waals surface area contributed by atoms with Gasteiger partial charge in [0.1, 0.15) is 35.2 Å². The highest BCUT2D eigenvalue weighted by Crippen LogP contribution is 2.53. The number of phenolic OH excluding ortho intramolecular Hbond substituents is 1. The zero-order chi connectivity index (χ0) is 37.6. The predicted molar refractivity (Wildman–Crippen MR) is 190 cm³/mol. The van der Waals surface area contributed by atoms with Crippen molar-refractivity contribution in [3.05, 3.63) is 102 Å². The molecule has 3 aromatic carbocycles. The molecule has 4 aromatic rings. The smallest absolute Gasteiger partial charge is 0.247 e. The summed E-state index contributed by atoms with van der Waals surface area (Å²) in [5.41, 5.74) is 18.0. The van der Waals surface area contributed by atoms with Crippen LogP contribution in [0.2, 0.25) is 0 Å². The fraction of sp³-hybridized carbons (Fsp3) is 0.278. The molecule has 1 aliphatic rings. The highest BCUT2D eigenvalue weighted by atomic mass is 19.1. The Hall–Kier alpha value is -6.45. The monoisotopic (exact) mass is 713 g/mol. The fourth-order valence-electron chi connectivity index (χ4n) is 6.05. The molecule has 0 saturated heterocycles. The Morgan fingerprint density at radius 3 is 2.25 bits per heavy atom. The third-order valence-corrected chi connectivity index (χ3v) is 8.88. The summed E-state index contributed by atoms with van der Waals surface area (Å²) in [5.74, 6) is -4.81. The molecule has 1 aliphatic carbocycles. The molecule has 0 spiro atoms. The Kier molecular flexibility index (Phi) is 11.1. The van der Waals surface area contributed by atoms with Crippen molar-refractivity contribution in [1.82, 2.24) is 26.3 Å². The number of nitrogens with two attached hydrogens (primary N) is 3. The van der Waals surface area contributed by atoms with Gasteiger partial charge in [-0.25, -0.2) is 9.38 Å². The number of H-pyrrole nitrogens is 1. The molecule has 5 atom stereocenters. The number of benzene rings is 3. The van der Waals surface area contributed by atoms with Crippen molar-refractivity contribution < 1.29 is 33.5 Å². The van der Waals surface area contributed by atoms with Crippen molar-refractivity contribution in [1.29, 1.82) is 0 Å². The number of para-hydroxylation sites is 1. The highest BCUT2D eigenvalue weighted by Gasteiger charge is 2.62. The van der Waals surface area contributed by atoms with E-state index in [1.165, 1.54) is 43.3 Å². The number of phenols is 1. The van der Waals surface area contributed by atoms with Crippen LogP contribution in [0.4, 0.5) is 4.39 Å². The number of carbonyl (C=O) groups excluding carboxylic acids is 5. The average molecular weight is 714 g/mol. The molecule has 12 N–H and O–H groups in total. The molecule has 1 saturated carbocycles. The van der Waals surface area contributed by atoms with Crippen molar-refractivity contribution in [2.45, 2.75) is 55.8 Å². The SMILES string of the molecule is C[C@@H](NC(=O)[C@H](Cc1ccc(O)cc1)N=C(N)N)C(=O)NCC(=O)NC1(C(=O)N[C@@H](Cc2ccc(F)cc2)C(N)=O)CC1c1c[nH]c2ccccc12. The molecular formula is C36H40FN9O6. The largest absolute Gasteiger partial charge is 0.508 e. The number of hydrogen-bond acceptors (Lipinski definition) is 7. The van der Waals surface area contributed by atoms with E-state index in [-0.39, 0.29) is 31.0 Å². The number of rotatable bonds is 15. The Morgan fingerprint density at radius 2 is 1.58 bits per heavy atom. The molecule has 15 nitrogen and oxygen atoms in total. The van der Waals surface area contributed by atoms with Gasteiger partial charge < -0.3 is 48.6 Å². The lowest BCUT2D eigenvalue weighted by Gasteiger charge is -2.23. The van der Waals surface area contributed by atoms with Crippen LogP contribution in [0.25, 0.3) is 10.9 Å². The number of nitrogens with zero attached hydrogens (tertiary/aromatic N) is 1. The van der Waals surface area contributed by atoms with Crippen LogP contribution in [-0.2, 0) is 36.8 Å². The number of fused-ring (bicyclic) bond motifs is 1. The lowest BCUT2D eigenvalue weighted by Crippen LogP contribution is -2.57. The minimum atomic E-state index is -1.50. The second-order valence-electron chi connectivity index (χ2n) is 12.7. The summed E-state index contributed by atoms with van der Waals surface area (Å²) in [6, 6.07) is 15.6. The molecule has 5 rings (SSSR count). The molecule has 2 unspecified atom stereocenters. The van der Waals surface area contributed by atoms with E-state index >= 15 is 0 Å². The number of halogens is 1. The van der Waals surface area contributed by atoms with Crippen LogP contribution < -0.4 is 38.5 Å². The fourth-order valence-corrected chi connectivity index (χ4v) is 6.05. The summed E-state index contributed by atoms with van der Waals surface area (Å²) in [7, 11) is 0. The summed E-state index contributed by atoms with van der Waals surface area (Å²) in [6.45, 7) is 0.862. The average Bonchev–Trinajstić information content (AvgIpc) is 3.66. The Bertz CT molecular complexity index is 2000. The van der Waals surface area contributed by atoms with Crippen molar-refractivity contribution >= 4 is 46.4 Å². The molecule has 52 heavy (non-hydrogen) atoms. The van der Waals surface area contributed by atoms with Gasteiger partial charge >= 0.3 is 0 Å². The second-order valence-corrected chi connectivity index (χ2v) is 12.7. The number of carbonyl (C=O) groups is 5. The van der Waals surface area contributed by atoms with Crippen LogP contribution >= 0.6 is 0 Å². The van der Waals surface area contributed by atoms with E-state index in [0.717, 1.165) is 16.5 Å². The zero-order valence-electron chi connectivity index (χ0n) is 28.2. The van der Waals surface area contributed by atoms with Gasteiger partial charge in [0, 0.05) is 35.9 Å². The molecule has 5 amide bonds. The zero-order valence-corrected chi connectivity index (χ0v) is 28.2. The summed E-state index contributed by atoms with van der Waals surface area (Å²) in [4.78, 5) is 72.8. The van der Waals surface area contributed by atoms with Gasteiger partial charge in [0.15, 0.2) is 5.96 Å². The van der Waals surface area contributed by atoms with Crippen LogP contribution in [0.15, 0.2) is 84.0 Å². The summed E-state index contributed by atoms with van der Waals surface area (Å²) < 4.78 is 13.5. The first-order valence-corrected chi connectivity index (χ1v) is 16.4. The quantitative estimate of drug-likeness (QED) is 0.0600. The number of nitrogens with one attached hydrogen (secondary N) is 5. The minimum absolute atomic E-state index is 0.0121. The van der Waals surface area contributed by atoms with E-state index in [2.05, 4.69) is 31.2 Å². The van der Waals surface area contributed by atoms with E-state index in [1.807, 2.05) is 24.3 Å². The Balaban J connectivity index is 1.25. The topological polar surface area (TPSA) is 260 Å². The van der Waals surface area contributed by atoms with E-state index in [4.69, 9.17) is 17.2 Å². The van der Waals surface area contributed by atoms with Crippen molar-refractivity contribution in [3.8, 4) is 5.75 Å². The first kappa shape index (κ1) is 36.8. The van der Waals surface area contributed by atoms with E-state index in [9.17, 15) is 33.5 Å². The molecule has 1 heterocycles. The van der Waals surface area contributed by atoms with Gasteiger partial charge in [-0.1, -0.05) is 42.5 Å². The Morgan fingerprint density at radius 1 is 0.923 bits per heavy atom. The molecule has 0 bridgehead atoms. The molecule has 0 aliphatic heterocycles. The van der Waals surface area contributed by atoms with Crippen molar-refractivity contribution in [2.75, 3.05) is 6.54 Å². The van der Waals surface area contributed by atoms with Crippen LogP contribution in [0.5, 0.6) is 5.75 Å². The van der Waals surface area contributed by atoms with Gasteiger partial charge in [0.25, 0.3) is 0 Å². The minimum Gasteiger partial charge on any atom is -0.508 e. The van der Waals surface area contributed by atoms with Gasteiger partial charge in [-0.15, -0.1) is 0 Å². The number of aromatic nitrogens is 1. The highest BCUT2D eigenvalue weighted by molar-refractivity contribution is 6.01.